The number of carbonyl (C=O) groups is 3. The van der Waals surface area contributed by atoms with Gasteiger partial charge in [-0.05, 0) is 80.8 Å². The number of fused-ring (bicyclic) bond motifs is 5. The van der Waals surface area contributed by atoms with Crippen molar-refractivity contribution in [3.63, 3.8) is 0 Å². The number of aliphatic hydroxyl groups is 1. The van der Waals surface area contributed by atoms with E-state index in [2.05, 4.69) is 26.8 Å². The number of rotatable bonds is 2. The fraction of sp³-hybridized carbons (Fsp3) is 0.708. The Hall–Kier alpha value is -1.75. The summed E-state index contributed by atoms with van der Waals surface area (Å²) in [5.74, 6) is 0.124. The summed E-state index contributed by atoms with van der Waals surface area (Å²) in [5, 5.41) is 10.3. The molecule has 5 nitrogen and oxygen atoms in total. The van der Waals surface area contributed by atoms with Crippen LogP contribution in [0.3, 0.4) is 0 Å². The van der Waals surface area contributed by atoms with Crippen molar-refractivity contribution in [2.24, 2.45) is 28.6 Å². The van der Waals surface area contributed by atoms with Gasteiger partial charge in [0.15, 0.2) is 17.2 Å². The van der Waals surface area contributed by atoms with Gasteiger partial charge in [-0.15, -0.1) is 0 Å². The van der Waals surface area contributed by atoms with Crippen LogP contribution in [-0.4, -0.2) is 34.3 Å². The molecule has 0 spiro atoms. The molecule has 0 amide bonds. The number of hydrogen-bond donors (Lipinski definition) is 1. The van der Waals surface area contributed by atoms with Gasteiger partial charge in [0.1, 0.15) is 6.10 Å². The number of Topliss-reactive ketones (excluding diaryl/α,β-unsaturated/α-hetero) is 1. The third-order valence-corrected chi connectivity index (χ3v) is 8.87. The molecule has 0 saturated heterocycles. The van der Waals surface area contributed by atoms with Crippen LogP contribution in [0.2, 0.25) is 0 Å². The third-order valence-electron chi connectivity index (χ3n) is 8.87. The zero-order valence-electron chi connectivity index (χ0n) is 18.1. The van der Waals surface area contributed by atoms with Gasteiger partial charge < -0.3 is 9.84 Å². The van der Waals surface area contributed by atoms with Crippen molar-refractivity contribution >= 4 is 17.5 Å². The van der Waals surface area contributed by atoms with Gasteiger partial charge >= 0.3 is 5.97 Å². The van der Waals surface area contributed by atoms with Crippen LogP contribution in [0.5, 0.6) is 0 Å². The van der Waals surface area contributed by atoms with Gasteiger partial charge in [0.2, 0.25) is 0 Å². The lowest BCUT2D eigenvalue weighted by atomic mass is 9.47. The molecule has 5 heteroatoms. The van der Waals surface area contributed by atoms with E-state index in [1.54, 1.807) is 13.0 Å². The van der Waals surface area contributed by atoms with E-state index in [0.29, 0.717) is 18.8 Å². The Kier molecular flexibility index (Phi) is 4.51. The van der Waals surface area contributed by atoms with Crippen LogP contribution in [-0.2, 0) is 19.1 Å². The maximum absolute atomic E-state index is 12.8. The van der Waals surface area contributed by atoms with E-state index in [9.17, 15) is 19.5 Å². The van der Waals surface area contributed by atoms with Crippen molar-refractivity contribution in [1.29, 1.82) is 0 Å². The van der Waals surface area contributed by atoms with Crippen molar-refractivity contribution in [3.8, 4) is 0 Å². The average molecular weight is 401 g/mol. The molecule has 0 aliphatic heterocycles. The van der Waals surface area contributed by atoms with Gasteiger partial charge in [-0.25, -0.2) is 0 Å². The highest BCUT2D eigenvalue weighted by Gasteiger charge is 2.67. The number of aliphatic hydroxyl groups excluding tert-OH is 1. The molecule has 0 radical (unpaired) electrons. The number of allylic oxidation sites excluding steroid dienone is 3. The highest BCUT2D eigenvalue weighted by atomic mass is 16.6. The highest BCUT2D eigenvalue weighted by molar-refractivity contribution is 5.96. The SMILES string of the molecule is CC(=O)O[C@]1(C(C)=O)CC[C@H]2[C@@H]3C=C(C)C4=CC(=O)[C@H](O)C[C@]4(C)[C@H]3CC[C@@]21C. The number of carbonyl (C=O) groups excluding carboxylic acids is 3. The number of ketones is 2. The van der Waals surface area contributed by atoms with Crippen molar-refractivity contribution in [1.82, 2.24) is 0 Å². The highest BCUT2D eigenvalue weighted by Crippen LogP contribution is 2.67. The lowest BCUT2D eigenvalue weighted by molar-refractivity contribution is -0.185. The van der Waals surface area contributed by atoms with E-state index in [-0.39, 0.29) is 28.8 Å². The van der Waals surface area contributed by atoms with Gasteiger partial charge in [0.05, 0.1) is 0 Å². The Labute approximate surface area is 172 Å². The molecule has 1 N–H and O–H groups in total. The van der Waals surface area contributed by atoms with Crippen LogP contribution in [0.1, 0.15) is 66.7 Å². The Morgan fingerprint density at radius 1 is 1.14 bits per heavy atom. The lowest BCUT2D eigenvalue weighted by Crippen LogP contribution is -2.58. The molecule has 158 valence electrons. The summed E-state index contributed by atoms with van der Waals surface area (Å²) in [4.78, 5) is 36.9. The summed E-state index contributed by atoms with van der Waals surface area (Å²) in [5.41, 5.74) is 0.471. The topological polar surface area (TPSA) is 80.7 Å². The van der Waals surface area contributed by atoms with E-state index in [1.165, 1.54) is 6.92 Å². The molecule has 4 aliphatic rings. The van der Waals surface area contributed by atoms with Gasteiger partial charge in [0, 0.05) is 12.3 Å². The zero-order chi connectivity index (χ0) is 21.4. The van der Waals surface area contributed by atoms with Crippen molar-refractivity contribution in [2.75, 3.05) is 0 Å². The average Bonchev–Trinajstić information content (AvgIpc) is 2.91. The van der Waals surface area contributed by atoms with Gasteiger partial charge in [-0.3, -0.25) is 14.4 Å². The Balaban J connectivity index is 1.79. The van der Waals surface area contributed by atoms with Crippen LogP contribution in [0, 0.1) is 28.6 Å². The molecule has 29 heavy (non-hydrogen) atoms. The third kappa shape index (κ3) is 2.59. The monoisotopic (exact) mass is 400 g/mol. The quantitative estimate of drug-likeness (QED) is 0.717. The maximum Gasteiger partial charge on any atom is 0.303 e. The minimum atomic E-state index is -1.05. The Bertz CT molecular complexity index is 853. The second-order valence-electron chi connectivity index (χ2n) is 10.2. The van der Waals surface area contributed by atoms with Crippen LogP contribution in [0.15, 0.2) is 23.3 Å². The normalized spacial score (nSPS) is 46.1. The van der Waals surface area contributed by atoms with Crippen LogP contribution in [0.25, 0.3) is 0 Å². The molecule has 4 aliphatic carbocycles. The standard InChI is InChI=1S/C24H32O5/c1-13-10-16-17(22(4)12-21(28)20(27)11-19(13)22)6-8-23(5)18(16)7-9-24(23,14(2)25)29-15(3)26/h10-11,16-18,21,28H,6-9,12H2,1-5H3/t16-,17+,18+,21-,22-,23+,24+/m1/s1. The molecule has 7 atom stereocenters. The fourth-order valence-corrected chi connectivity index (χ4v) is 7.54. The molecule has 0 aromatic carbocycles. The Morgan fingerprint density at radius 2 is 1.79 bits per heavy atom. The first-order valence-electron chi connectivity index (χ1n) is 10.8. The number of hydrogen-bond acceptors (Lipinski definition) is 5. The Morgan fingerprint density at radius 3 is 2.41 bits per heavy atom. The van der Waals surface area contributed by atoms with E-state index in [0.717, 1.165) is 30.4 Å². The molecule has 0 aromatic rings. The molecule has 2 saturated carbocycles. The largest absolute Gasteiger partial charge is 0.451 e. The molecular weight excluding hydrogens is 368 g/mol. The van der Waals surface area contributed by atoms with Gasteiger partial charge in [0.25, 0.3) is 0 Å². The first-order chi connectivity index (χ1) is 13.5. The van der Waals surface area contributed by atoms with Gasteiger partial charge in [-0.2, -0.15) is 0 Å². The summed E-state index contributed by atoms with van der Waals surface area (Å²) < 4.78 is 5.80. The van der Waals surface area contributed by atoms with E-state index in [1.807, 2.05) is 0 Å². The molecule has 0 bridgehead atoms. The molecular formula is C24H32O5. The van der Waals surface area contributed by atoms with E-state index < -0.39 is 23.1 Å². The van der Waals surface area contributed by atoms with Gasteiger partial charge in [-0.1, -0.05) is 25.5 Å². The molecule has 0 unspecified atom stereocenters. The molecule has 0 heterocycles. The van der Waals surface area contributed by atoms with Crippen molar-refractivity contribution < 1.29 is 24.2 Å². The summed E-state index contributed by atoms with van der Waals surface area (Å²) in [6, 6.07) is 0. The van der Waals surface area contributed by atoms with E-state index in [4.69, 9.17) is 4.74 Å². The summed E-state index contributed by atoms with van der Waals surface area (Å²) in [7, 11) is 0. The number of esters is 1. The minimum Gasteiger partial charge on any atom is -0.451 e. The zero-order valence-corrected chi connectivity index (χ0v) is 18.1. The molecule has 0 aromatic heterocycles. The predicted molar refractivity (Wildman–Crippen MR) is 108 cm³/mol. The fourth-order valence-electron chi connectivity index (χ4n) is 7.54. The first-order valence-corrected chi connectivity index (χ1v) is 10.8. The van der Waals surface area contributed by atoms with Crippen LogP contribution < -0.4 is 0 Å². The lowest BCUT2D eigenvalue weighted by Gasteiger charge is -2.58. The summed E-state index contributed by atoms with van der Waals surface area (Å²) in [6.45, 7) is 9.30. The minimum absolute atomic E-state index is 0.0573. The van der Waals surface area contributed by atoms with Crippen molar-refractivity contribution in [2.45, 2.75) is 78.4 Å². The molecule has 2 fully saturated rings. The maximum atomic E-state index is 12.8. The van der Waals surface area contributed by atoms with Crippen molar-refractivity contribution in [3.05, 3.63) is 23.3 Å². The van der Waals surface area contributed by atoms with E-state index >= 15 is 0 Å². The summed E-state index contributed by atoms with van der Waals surface area (Å²) >= 11 is 0. The first kappa shape index (κ1) is 20.5. The summed E-state index contributed by atoms with van der Waals surface area (Å²) in [6.07, 6.45) is 6.54. The predicted octanol–water partition coefficient (Wildman–Crippen LogP) is 3.55. The second kappa shape index (κ2) is 6.37. The molecule has 4 rings (SSSR count). The smallest absolute Gasteiger partial charge is 0.303 e. The van der Waals surface area contributed by atoms with Crippen LogP contribution in [0.4, 0.5) is 0 Å². The van der Waals surface area contributed by atoms with Crippen LogP contribution >= 0.6 is 0 Å². The second-order valence-corrected chi connectivity index (χ2v) is 10.2. The number of ether oxygens (including phenoxy) is 1.